The monoisotopic (exact) mass is 270 g/mol. The minimum Gasteiger partial charge on any atom is -0.379 e. The van der Waals surface area contributed by atoms with E-state index >= 15 is 0 Å². The predicted molar refractivity (Wildman–Crippen MR) is 77.8 cm³/mol. The van der Waals surface area contributed by atoms with E-state index in [1.54, 1.807) is 11.1 Å². The van der Waals surface area contributed by atoms with Crippen LogP contribution < -0.4 is 0 Å². The Morgan fingerprint density at radius 3 is 3.05 bits per heavy atom. The molecular formula is C16H18N2O2. The number of likely N-dealkylation sites (N-methyl/N-ethyl adjacent to an activating group) is 1. The Hall–Kier alpha value is -1.94. The number of rotatable bonds is 2. The van der Waals surface area contributed by atoms with E-state index < -0.39 is 0 Å². The highest BCUT2D eigenvalue weighted by Gasteiger charge is 2.26. The van der Waals surface area contributed by atoms with Gasteiger partial charge in [-0.05, 0) is 37.1 Å². The van der Waals surface area contributed by atoms with Crippen molar-refractivity contribution in [1.82, 2.24) is 9.88 Å². The minimum absolute atomic E-state index is 0.0212. The van der Waals surface area contributed by atoms with Crippen LogP contribution in [0.4, 0.5) is 0 Å². The van der Waals surface area contributed by atoms with Gasteiger partial charge in [-0.3, -0.25) is 9.78 Å². The standard InChI is InChI=1S/C16H18N2O2/c1-11-8-12-4-3-6-17-15(12)14(9-11)16(19)18(2)13-5-7-20-10-13/h3-4,6,8-9,13H,5,7,10H2,1-2H3. The highest BCUT2D eigenvalue weighted by molar-refractivity contribution is 6.05. The molecule has 1 unspecified atom stereocenters. The van der Waals surface area contributed by atoms with Crippen LogP contribution in [0.2, 0.25) is 0 Å². The molecule has 1 aromatic carbocycles. The number of aromatic nitrogens is 1. The van der Waals surface area contributed by atoms with Crippen LogP contribution in [0.25, 0.3) is 10.9 Å². The SMILES string of the molecule is Cc1cc(C(=O)N(C)C2CCOC2)c2ncccc2c1. The molecule has 1 fully saturated rings. The van der Waals surface area contributed by atoms with Crippen molar-refractivity contribution in [1.29, 1.82) is 0 Å². The summed E-state index contributed by atoms with van der Waals surface area (Å²) in [4.78, 5) is 18.9. The molecule has 4 heteroatoms. The van der Waals surface area contributed by atoms with Crippen molar-refractivity contribution in [3.63, 3.8) is 0 Å². The van der Waals surface area contributed by atoms with E-state index in [1.807, 2.05) is 32.2 Å². The van der Waals surface area contributed by atoms with Crippen LogP contribution >= 0.6 is 0 Å². The average molecular weight is 270 g/mol. The fourth-order valence-electron chi connectivity index (χ4n) is 2.69. The Balaban J connectivity index is 2.02. The molecule has 0 radical (unpaired) electrons. The molecule has 0 aliphatic carbocycles. The Bertz CT molecular complexity index is 648. The van der Waals surface area contributed by atoms with E-state index in [4.69, 9.17) is 4.74 Å². The number of carbonyl (C=O) groups excluding carboxylic acids is 1. The molecule has 1 amide bonds. The van der Waals surface area contributed by atoms with E-state index in [9.17, 15) is 4.79 Å². The number of nitrogens with zero attached hydrogens (tertiary/aromatic N) is 2. The summed E-state index contributed by atoms with van der Waals surface area (Å²) in [5.74, 6) is 0.0212. The van der Waals surface area contributed by atoms with Gasteiger partial charge < -0.3 is 9.64 Å². The van der Waals surface area contributed by atoms with E-state index in [2.05, 4.69) is 11.1 Å². The van der Waals surface area contributed by atoms with Gasteiger partial charge >= 0.3 is 0 Å². The van der Waals surface area contributed by atoms with Gasteiger partial charge in [0.05, 0.1) is 23.7 Å². The van der Waals surface area contributed by atoms with E-state index in [-0.39, 0.29) is 11.9 Å². The number of carbonyl (C=O) groups is 1. The normalized spacial score (nSPS) is 18.4. The van der Waals surface area contributed by atoms with Gasteiger partial charge in [0.15, 0.2) is 0 Å². The first-order valence-electron chi connectivity index (χ1n) is 6.87. The van der Waals surface area contributed by atoms with Crippen molar-refractivity contribution in [2.45, 2.75) is 19.4 Å². The first-order valence-corrected chi connectivity index (χ1v) is 6.87. The smallest absolute Gasteiger partial charge is 0.256 e. The third-order valence-electron chi connectivity index (χ3n) is 3.85. The van der Waals surface area contributed by atoms with Gasteiger partial charge in [-0.15, -0.1) is 0 Å². The van der Waals surface area contributed by atoms with Gasteiger partial charge in [0.2, 0.25) is 0 Å². The molecule has 1 saturated heterocycles. The highest BCUT2D eigenvalue weighted by atomic mass is 16.5. The Morgan fingerprint density at radius 2 is 2.30 bits per heavy atom. The first kappa shape index (κ1) is 13.1. The summed E-state index contributed by atoms with van der Waals surface area (Å²) >= 11 is 0. The summed E-state index contributed by atoms with van der Waals surface area (Å²) in [7, 11) is 1.85. The second-order valence-electron chi connectivity index (χ2n) is 5.32. The molecular weight excluding hydrogens is 252 g/mol. The fourth-order valence-corrected chi connectivity index (χ4v) is 2.69. The zero-order chi connectivity index (χ0) is 14.1. The van der Waals surface area contributed by atoms with E-state index in [1.165, 1.54) is 0 Å². The van der Waals surface area contributed by atoms with Gasteiger partial charge in [-0.1, -0.05) is 6.07 Å². The first-order chi connectivity index (χ1) is 9.66. The highest BCUT2D eigenvalue weighted by Crippen LogP contribution is 2.22. The maximum absolute atomic E-state index is 12.7. The van der Waals surface area contributed by atoms with Crippen LogP contribution in [-0.4, -0.2) is 42.1 Å². The molecule has 2 aromatic rings. The number of benzene rings is 1. The lowest BCUT2D eigenvalue weighted by Gasteiger charge is -2.23. The van der Waals surface area contributed by atoms with Crippen molar-refractivity contribution in [3.8, 4) is 0 Å². The van der Waals surface area contributed by atoms with Crippen molar-refractivity contribution in [2.75, 3.05) is 20.3 Å². The number of fused-ring (bicyclic) bond motifs is 1. The average Bonchev–Trinajstić information content (AvgIpc) is 2.99. The third-order valence-corrected chi connectivity index (χ3v) is 3.85. The lowest BCUT2D eigenvalue weighted by molar-refractivity contribution is 0.0713. The fraction of sp³-hybridized carbons (Fsp3) is 0.375. The Morgan fingerprint density at radius 1 is 1.45 bits per heavy atom. The summed E-state index contributed by atoms with van der Waals surface area (Å²) < 4.78 is 5.37. The minimum atomic E-state index is 0.0212. The van der Waals surface area contributed by atoms with Gasteiger partial charge in [-0.25, -0.2) is 0 Å². The molecule has 104 valence electrons. The number of amides is 1. The zero-order valence-corrected chi connectivity index (χ0v) is 11.8. The number of aryl methyl sites for hydroxylation is 1. The molecule has 20 heavy (non-hydrogen) atoms. The third kappa shape index (κ3) is 2.27. The largest absolute Gasteiger partial charge is 0.379 e. The summed E-state index contributed by atoms with van der Waals surface area (Å²) in [6, 6.07) is 8.03. The van der Waals surface area contributed by atoms with Crippen LogP contribution in [0.3, 0.4) is 0 Å². The lowest BCUT2D eigenvalue weighted by atomic mass is 10.0. The molecule has 1 aromatic heterocycles. The molecule has 1 aliphatic rings. The molecule has 3 rings (SSSR count). The van der Waals surface area contributed by atoms with E-state index in [0.717, 1.165) is 29.5 Å². The topological polar surface area (TPSA) is 42.4 Å². The summed E-state index contributed by atoms with van der Waals surface area (Å²) in [5, 5.41) is 1.01. The predicted octanol–water partition coefficient (Wildman–Crippen LogP) is 2.40. The summed E-state index contributed by atoms with van der Waals surface area (Å²) in [5.41, 5.74) is 2.52. The summed E-state index contributed by atoms with van der Waals surface area (Å²) in [6.45, 7) is 3.36. The van der Waals surface area contributed by atoms with Crippen molar-refractivity contribution in [2.24, 2.45) is 0 Å². The van der Waals surface area contributed by atoms with Crippen LogP contribution in [0.5, 0.6) is 0 Å². The van der Waals surface area contributed by atoms with Gasteiger partial charge in [-0.2, -0.15) is 0 Å². The van der Waals surface area contributed by atoms with Crippen LogP contribution in [-0.2, 0) is 4.74 Å². The van der Waals surface area contributed by atoms with E-state index in [0.29, 0.717) is 12.2 Å². The maximum Gasteiger partial charge on any atom is 0.256 e. The van der Waals surface area contributed by atoms with Crippen LogP contribution in [0.15, 0.2) is 30.5 Å². The van der Waals surface area contributed by atoms with Crippen LogP contribution in [0.1, 0.15) is 22.3 Å². The number of hydrogen-bond donors (Lipinski definition) is 0. The second kappa shape index (κ2) is 5.21. The zero-order valence-electron chi connectivity index (χ0n) is 11.8. The Kier molecular flexibility index (Phi) is 3.40. The maximum atomic E-state index is 12.7. The quantitative estimate of drug-likeness (QED) is 0.841. The molecule has 2 heterocycles. The second-order valence-corrected chi connectivity index (χ2v) is 5.32. The van der Waals surface area contributed by atoms with Crippen molar-refractivity contribution >= 4 is 16.8 Å². The number of hydrogen-bond acceptors (Lipinski definition) is 3. The molecule has 4 nitrogen and oxygen atoms in total. The lowest BCUT2D eigenvalue weighted by Crippen LogP contribution is -2.37. The van der Waals surface area contributed by atoms with Crippen molar-refractivity contribution in [3.05, 3.63) is 41.6 Å². The number of ether oxygens (including phenoxy) is 1. The molecule has 1 aliphatic heterocycles. The van der Waals surface area contributed by atoms with Crippen molar-refractivity contribution < 1.29 is 9.53 Å². The van der Waals surface area contributed by atoms with Gasteiger partial charge in [0.1, 0.15) is 0 Å². The number of pyridine rings is 1. The molecule has 0 spiro atoms. The van der Waals surface area contributed by atoms with Gasteiger partial charge in [0, 0.05) is 25.2 Å². The summed E-state index contributed by atoms with van der Waals surface area (Å²) in [6.07, 6.45) is 2.63. The molecule has 0 N–H and O–H groups in total. The van der Waals surface area contributed by atoms with Gasteiger partial charge in [0.25, 0.3) is 5.91 Å². The Labute approximate surface area is 118 Å². The molecule has 0 bridgehead atoms. The van der Waals surface area contributed by atoms with Crippen LogP contribution in [0, 0.1) is 6.92 Å². The molecule has 0 saturated carbocycles. The molecule has 1 atom stereocenters.